The second-order valence-electron chi connectivity index (χ2n) is 3.70. The highest BCUT2D eigenvalue weighted by atomic mass is 32.2. The van der Waals surface area contributed by atoms with E-state index in [9.17, 15) is 8.42 Å². The Bertz CT molecular complexity index is 743. The zero-order valence-electron chi connectivity index (χ0n) is 9.12. The summed E-state index contributed by atoms with van der Waals surface area (Å²) in [4.78, 5) is 0. The lowest BCUT2D eigenvalue weighted by Crippen LogP contribution is -2.10. The maximum Gasteiger partial charge on any atom is 0.271 e. The van der Waals surface area contributed by atoms with Gasteiger partial charge in [0.15, 0.2) is 0 Å². The highest BCUT2D eigenvalue weighted by Gasteiger charge is 2.17. The van der Waals surface area contributed by atoms with Crippen molar-refractivity contribution < 1.29 is 8.42 Å². The summed E-state index contributed by atoms with van der Waals surface area (Å²) in [5.74, 6) is 0. The number of fused-ring (bicyclic) bond motifs is 1. The molecule has 18 heavy (non-hydrogen) atoms. The van der Waals surface area contributed by atoms with Gasteiger partial charge in [0.05, 0.1) is 11.9 Å². The summed E-state index contributed by atoms with van der Waals surface area (Å²) in [6.07, 6.45) is 2.91. The first kappa shape index (κ1) is 11.2. The number of H-pyrrole nitrogens is 1. The molecule has 0 aliphatic rings. The molecule has 3 rings (SSSR count). The minimum Gasteiger partial charge on any atom is -0.284 e. The molecule has 2 aromatic heterocycles. The molecule has 1 aromatic carbocycles. The molecule has 7 heteroatoms. The molecule has 0 radical (unpaired) electrons. The fraction of sp³-hybridized carbons (Fsp3) is 0. The van der Waals surface area contributed by atoms with E-state index in [2.05, 4.69) is 14.9 Å². The van der Waals surface area contributed by atoms with E-state index in [4.69, 9.17) is 0 Å². The van der Waals surface area contributed by atoms with Crippen molar-refractivity contribution in [3.63, 3.8) is 0 Å². The van der Waals surface area contributed by atoms with Crippen LogP contribution in [0.2, 0.25) is 0 Å². The highest BCUT2D eigenvalue weighted by molar-refractivity contribution is 7.94. The average Bonchev–Trinajstić information content (AvgIpc) is 2.96. The van der Waals surface area contributed by atoms with E-state index in [0.717, 1.165) is 10.1 Å². The molecule has 3 aromatic rings. The van der Waals surface area contributed by atoms with Crippen LogP contribution >= 0.6 is 11.3 Å². The molecule has 92 valence electrons. The molecular weight excluding hydrogens is 270 g/mol. The molecule has 2 heterocycles. The summed E-state index contributed by atoms with van der Waals surface area (Å²) in [5, 5.41) is 7.18. The normalized spacial score (nSPS) is 11.8. The molecule has 0 atom stereocenters. The maximum atomic E-state index is 12.1. The van der Waals surface area contributed by atoms with Crippen LogP contribution in [-0.2, 0) is 10.0 Å². The number of sulfonamides is 1. The molecule has 0 bridgehead atoms. The van der Waals surface area contributed by atoms with Crippen LogP contribution in [0.4, 0.5) is 5.69 Å². The largest absolute Gasteiger partial charge is 0.284 e. The minimum atomic E-state index is -3.54. The first-order valence-electron chi connectivity index (χ1n) is 5.15. The van der Waals surface area contributed by atoms with E-state index in [1.807, 2.05) is 24.3 Å². The first-order chi connectivity index (χ1) is 8.65. The molecule has 0 fully saturated rings. The lowest BCUT2D eigenvalue weighted by Gasteiger charge is -2.01. The van der Waals surface area contributed by atoms with Gasteiger partial charge in [-0.2, -0.15) is 5.10 Å². The lowest BCUT2D eigenvalue weighted by molar-refractivity contribution is 0.603. The Labute approximate surface area is 108 Å². The van der Waals surface area contributed by atoms with Crippen molar-refractivity contribution in [2.75, 3.05) is 4.72 Å². The molecule has 0 spiro atoms. The fourth-order valence-corrected chi connectivity index (χ4v) is 4.03. The Hall–Kier alpha value is -1.86. The summed E-state index contributed by atoms with van der Waals surface area (Å²) in [5.41, 5.74) is 0.424. The molecule has 0 saturated heterocycles. The standard InChI is InChI=1S/C11H9N3O2S2/c15-18(16,14-9-6-12-13-7-9)11-5-8-3-1-2-4-10(8)17-11/h1-7,14H,(H,12,13). The van der Waals surface area contributed by atoms with E-state index in [1.54, 1.807) is 6.07 Å². The second kappa shape index (κ2) is 4.11. The van der Waals surface area contributed by atoms with Crippen molar-refractivity contribution in [1.82, 2.24) is 10.2 Å². The minimum absolute atomic E-state index is 0.296. The molecular formula is C11H9N3O2S2. The monoisotopic (exact) mass is 279 g/mol. The van der Waals surface area contributed by atoms with Gasteiger partial charge in [0, 0.05) is 10.9 Å². The smallest absolute Gasteiger partial charge is 0.271 e. The number of thiophene rings is 1. The van der Waals surface area contributed by atoms with E-state index >= 15 is 0 Å². The maximum absolute atomic E-state index is 12.1. The van der Waals surface area contributed by atoms with E-state index < -0.39 is 10.0 Å². The van der Waals surface area contributed by atoms with Gasteiger partial charge in [-0.15, -0.1) is 11.3 Å². The van der Waals surface area contributed by atoms with E-state index in [0.29, 0.717) is 9.90 Å². The topological polar surface area (TPSA) is 74.8 Å². The summed E-state index contributed by atoms with van der Waals surface area (Å²) >= 11 is 1.24. The number of rotatable bonds is 3. The molecule has 0 unspecified atom stereocenters. The van der Waals surface area contributed by atoms with Crippen LogP contribution in [0.1, 0.15) is 0 Å². The van der Waals surface area contributed by atoms with Crippen LogP contribution in [0, 0.1) is 0 Å². The van der Waals surface area contributed by atoms with Crippen molar-refractivity contribution in [2.24, 2.45) is 0 Å². The summed E-state index contributed by atoms with van der Waals surface area (Å²) < 4.78 is 28.0. The van der Waals surface area contributed by atoms with Crippen LogP contribution in [0.3, 0.4) is 0 Å². The van der Waals surface area contributed by atoms with Gasteiger partial charge in [-0.3, -0.25) is 9.82 Å². The average molecular weight is 279 g/mol. The lowest BCUT2D eigenvalue weighted by atomic mass is 10.3. The van der Waals surface area contributed by atoms with Crippen LogP contribution in [0.15, 0.2) is 46.9 Å². The Morgan fingerprint density at radius 1 is 1.28 bits per heavy atom. The Morgan fingerprint density at radius 2 is 2.11 bits per heavy atom. The number of hydrogen-bond donors (Lipinski definition) is 2. The van der Waals surface area contributed by atoms with Crippen LogP contribution in [0.25, 0.3) is 10.1 Å². The number of anilines is 1. The fourth-order valence-electron chi connectivity index (χ4n) is 1.60. The SMILES string of the molecule is O=S(=O)(Nc1cn[nH]c1)c1cc2ccccc2s1. The van der Waals surface area contributed by atoms with Crippen molar-refractivity contribution in [3.05, 3.63) is 42.7 Å². The number of aromatic amines is 1. The summed E-state index contributed by atoms with van der Waals surface area (Å²) in [6, 6.07) is 9.23. The van der Waals surface area contributed by atoms with Gasteiger partial charge in [-0.05, 0) is 17.5 Å². The zero-order chi connectivity index (χ0) is 12.6. The Balaban J connectivity index is 2.02. The number of nitrogens with one attached hydrogen (secondary N) is 2. The molecule has 0 saturated carbocycles. The molecule has 0 amide bonds. The second-order valence-corrected chi connectivity index (χ2v) is 6.69. The predicted molar refractivity (Wildman–Crippen MR) is 71.2 cm³/mol. The van der Waals surface area contributed by atoms with Gasteiger partial charge in [0.2, 0.25) is 0 Å². The van der Waals surface area contributed by atoms with Crippen LogP contribution in [-0.4, -0.2) is 18.6 Å². The van der Waals surface area contributed by atoms with E-state index in [-0.39, 0.29) is 0 Å². The third-order valence-corrected chi connectivity index (χ3v) is 5.39. The van der Waals surface area contributed by atoms with Crippen molar-refractivity contribution >= 4 is 37.1 Å². The Morgan fingerprint density at radius 3 is 2.83 bits per heavy atom. The number of aromatic nitrogens is 2. The molecule has 5 nitrogen and oxygen atoms in total. The van der Waals surface area contributed by atoms with Crippen molar-refractivity contribution in [1.29, 1.82) is 0 Å². The third-order valence-electron chi connectivity index (χ3n) is 2.42. The number of hydrogen-bond acceptors (Lipinski definition) is 4. The first-order valence-corrected chi connectivity index (χ1v) is 7.45. The van der Waals surface area contributed by atoms with Gasteiger partial charge < -0.3 is 0 Å². The number of benzene rings is 1. The van der Waals surface area contributed by atoms with Crippen molar-refractivity contribution in [3.8, 4) is 0 Å². The number of nitrogens with zero attached hydrogens (tertiary/aromatic N) is 1. The van der Waals surface area contributed by atoms with Gasteiger partial charge in [-0.25, -0.2) is 8.42 Å². The van der Waals surface area contributed by atoms with Gasteiger partial charge in [0.1, 0.15) is 4.21 Å². The van der Waals surface area contributed by atoms with E-state index in [1.165, 1.54) is 23.7 Å². The summed E-state index contributed by atoms with van der Waals surface area (Å²) in [6.45, 7) is 0. The highest BCUT2D eigenvalue weighted by Crippen LogP contribution is 2.29. The predicted octanol–water partition coefficient (Wildman–Crippen LogP) is 2.43. The van der Waals surface area contributed by atoms with Crippen LogP contribution in [0.5, 0.6) is 0 Å². The summed E-state index contributed by atoms with van der Waals surface area (Å²) in [7, 11) is -3.54. The Kier molecular flexibility index (Phi) is 2.57. The zero-order valence-corrected chi connectivity index (χ0v) is 10.8. The molecule has 2 N–H and O–H groups in total. The third kappa shape index (κ3) is 1.98. The van der Waals surface area contributed by atoms with Gasteiger partial charge in [-0.1, -0.05) is 18.2 Å². The van der Waals surface area contributed by atoms with Gasteiger partial charge >= 0.3 is 0 Å². The van der Waals surface area contributed by atoms with Crippen LogP contribution < -0.4 is 4.72 Å². The molecule has 0 aliphatic heterocycles. The van der Waals surface area contributed by atoms with Crippen molar-refractivity contribution in [2.45, 2.75) is 4.21 Å². The molecule has 0 aliphatic carbocycles. The quantitative estimate of drug-likeness (QED) is 0.773. The van der Waals surface area contributed by atoms with Gasteiger partial charge in [0.25, 0.3) is 10.0 Å².